The Morgan fingerprint density at radius 2 is 1.70 bits per heavy atom. The van der Waals surface area contributed by atoms with E-state index in [4.69, 9.17) is 5.79 Å². The van der Waals surface area contributed by atoms with Crippen LogP contribution >= 0.6 is 0 Å². The van der Waals surface area contributed by atoms with Crippen LogP contribution in [0.2, 0.25) is 17.3 Å². The molecule has 0 bridgehead atoms. The number of aromatic nitrogens is 2. The fourth-order valence-corrected chi connectivity index (χ4v) is 6.49. The number of halogens is 1. The summed E-state index contributed by atoms with van der Waals surface area (Å²) < 4.78 is 28.4. The molecule has 0 aliphatic carbocycles. The van der Waals surface area contributed by atoms with E-state index < -0.39 is 19.2 Å². The van der Waals surface area contributed by atoms with Crippen LogP contribution < -0.4 is 4.40 Å². The molecule has 3 nitrogen and oxygen atoms in total. The summed E-state index contributed by atoms with van der Waals surface area (Å²) in [5.41, 5.74) is 5.88. The van der Waals surface area contributed by atoms with E-state index in [0.717, 1.165) is 50.0 Å². The molecule has 0 N–H and O–H groups in total. The van der Waals surface area contributed by atoms with Crippen molar-refractivity contribution >= 4 is 39.6 Å². The SMILES string of the molecule is [2H]C(C)(C)c1ccnc(-c2[c-]ccc3c2oc2ccccc23)c1.[CH3][Ge]([CH3])([CH3])[c]1ccc(-c2[c-]cc(F)cc2)nc1.[Ir]. The predicted molar refractivity (Wildman–Crippen MR) is 161 cm³/mol. The van der Waals surface area contributed by atoms with Crippen LogP contribution in [0.1, 0.15) is 26.7 Å². The first kappa shape index (κ1) is 28.4. The van der Waals surface area contributed by atoms with Gasteiger partial charge in [-0.25, -0.2) is 0 Å². The average Bonchev–Trinajstić information content (AvgIpc) is 3.32. The zero-order valence-corrected chi connectivity index (χ0v) is 27.7. The average molecular weight is 768 g/mol. The van der Waals surface area contributed by atoms with Crippen molar-refractivity contribution in [2.24, 2.45) is 0 Å². The van der Waals surface area contributed by atoms with Gasteiger partial charge in [0.15, 0.2) is 0 Å². The molecule has 0 saturated heterocycles. The van der Waals surface area contributed by atoms with Crippen molar-refractivity contribution in [2.75, 3.05) is 0 Å². The van der Waals surface area contributed by atoms with Crippen LogP contribution in [0.25, 0.3) is 44.5 Å². The van der Waals surface area contributed by atoms with Gasteiger partial charge in [-0.2, -0.15) is 0 Å². The summed E-state index contributed by atoms with van der Waals surface area (Å²) >= 11 is -1.79. The molecule has 0 fully saturated rings. The van der Waals surface area contributed by atoms with E-state index in [1.165, 1.54) is 16.5 Å². The van der Waals surface area contributed by atoms with Crippen LogP contribution in [0.5, 0.6) is 0 Å². The molecule has 0 unspecified atom stereocenters. The topological polar surface area (TPSA) is 38.9 Å². The molecule has 6 aromatic rings. The monoisotopic (exact) mass is 770 g/mol. The zero-order chi connectivity index (χ0) is 28.5. The molecule has 6 rings (SSSR count). The van der Waals surface area contributed by atoms with Gasteiger partial charge in [-0.1, -0.05) is 54.6 Å². The van der Waals surface area contributed by atoms with Gasteiger partial charge in [-0.3, -0.25) is 0 Å². The summed E-state index contributed by atoms with van der Waals surface area (Å²) in [7, 11) is 0. The van der Waals surface area contributed by atoms with Crippen LogP contribution in [-0.4, -0.2) is 23.2 Å². The zero-order valence-electron chi connectivity index (χ0n) is 24.2. The molecular formula is C34H31FGeIrN2O-2. The first-order chi connectivity index (χ1) is 19.0. The molecule has 3 aromatic carbocycles. The number of fused-ring (bicyclic) bond motifs is 3. The molecular weight excluding hydrogens is 736 g/mol. The van der Waals surface area contributed by atoms with Gasteiger partial charge in [0.1, 0.15) is 5.58 Å². The number of hydrogen-bond donors (Lipinski definition) is 0. The van der Waals surface area contributed by atoms with Crippen molar-refractivity contribution in [3.8, 4) is 22.5 Å². The summed E-state index contributed by atoms with van der Waals surface area (Å²) in [6.45, 7) is 3.75. The Balaban J connectivity index is 0.000000193. The predicted octanol–water partition coefficient (Wildman–Crippen LogP) is 8.80. The van der Waals surface area contributed by atoms with Gasteiger partial charge in [0, 0.05) is 33.1 Å². The molecule has 40 heavy (non-hydrogen) atoms. The van der Waals surface area contributed by atoms with E-state index in [1.54, 1.807) is 12.3 Å². The minimum Gasteiger partial charge on any atom is 0 e. The van der Waals surface area contributed by atoms with Crippen molar-refractivity contribution in [1.29, 1.82) is 0 Å². The van der Waals surface area contributed by atoms with E-state index in [0.29, 0.717) is 0 Å². The number of rotatable bonds is 4. The third kappa shape index (κ3) is 6.60. The molecule has 0 aliphatic heterocycles. The van der Waals surface area contributed by atoms with Crippen LogP contribution in [0.15, 0.2) is 95.7 Å². The smallest absolute Gasteiger partial charge is 0 e. The van der Waals surface area contributed by atoms with E-state index in [9.17, 15) is 4.39 Å². The fourth-order valence-electron chi connectivity index (χ4n) is 4.32. The Morgan fingerprint density at radius 1 is 0.900 bits per heavy atom. The Hall–Kier alpha value is -3.12. The van der Waals surface area contributed by atoms with Crippen molar-refractivity contribution in [2.45, 2.75) is 37.0 Å². The van der Waals surface area contributed by atoms with Crippen molar-refractivity contribution in [3.63, 3.8) is 0 Å². The summed E-state index contributed by atoms with van der Waals surface area (Å²) in [6, 6.07) is 30.5. The van der Waals surface area contributed by atoms with Crippen molar-refractivity contribution in [3.05, 3.63) is 115 Å². The Morgan fingerprint density at radius 3 is 2.38 bits per heavy atom. The second kappa shape index (κ2) is 12.6. The number of hydrogen-bond acceptors (Lipinski definition) is 3. The Bertz CT molecular complexity index is 1770. The van der Waals surface area contributed by atoms with Crippen LogP contribution in [0.3, 0.4) is 0 Å². The number of benzene rings is 3. The van der Waals surface area contributed by atoms with E-state index in [-0.39, 0.29) is 25.9 Å². The molecule has 6 heteroatoms. The van der Waals surface area contributed by atoms with E-state index >= 15 is 0 Å². The molecule has 0 amide bonds. The summed E-state index contributed by atoms with van der Waals surface area (Å²) in [6.07, 6.45) is 3.70. The van der Waals surface area contributed by atoms with Gasteiger partial charge >= 0.3 is 104 Å². The minimum absolute atomic E-state index is 0. The largest absolute Gasteiger partial charge is 0 e. The second-order valence-electron chi connectivity index (χ2n) is 10.7. The minimum atomic E-state index is -1.79. The Kier molecular flexibility index (Phi) is 8.94. The molecule has 3 aromatic heterocycles. The number of pyridine rings is 2. The van der Waals surface area contributed by atoms with Crippen molar-refractivity contribution in [1.82, 2.24) is 9.97 Å². The maximum Gasteiger partial charge on any atom is 0 e. The van der Waals surface area contributed by atoms with Crippen LogP contribution in [-0.2, 0) is 20.1 Å². The summed E-state index contributed by atoms with van der Waals surface area (Å²) in [4.78, 5) is 8.91. The summed E-state index contributed by atoms with van der Waals surface area (Å²) in [5.74, 6) is 6.07. The number of furan rings is 1. The van der Waals surface area contributed by atoms with Gasteiger partial charge in [0.05, 0.1) is 5.58 Å². The number of para-hydroxylation sites is 1. The van der Waals surface area contributed by atoms with Gasteiger partial charge in [0.2, 0.25) is 0 Å². The molecule has 0 saturated carbocycles. The van der Waals surface area contributed by atoms with Crippen LogP contribution in [0, 0.1) is 17.9 Å². The van der Waals surface area contributed by atoms with Gasteiger partial charge < -0.3 is 9.40 Å². The maximum absolute atomic E-state index is 12.8. The first-order valence-electron chi connectivity index (χ1n) is 13.4. The summed E-state index contributed by atoms with van der Waals surface area (Å²) in [5, 5.41) is 2.15. The molecule has 3 heterocycles. The van der Waals surface area contributed by atoms with Gasteiger partial charge in [-0.05, 0) is 23.7 Å². The second-order valence-corrected chi connectivity index (χ2v) is 21.4. The fraction of sp³-hybridized carbons (Fsp3) is 0.176. The Labute approximate surface area is 253 Å². The van der Waals surface area contributed by atoms with Crippen molar-refractivity contribution < 1.29 is 30.3 Å². The quantitative estimate of drug-likeness (QED) is 0.133. The molecule has 205 valence electrons. The normalized spacial score (nSPS) is 11.9. The standard InChI is InChI=1S/C20H16NO.C14H15FGeN.Ir/c1-13(2)14-10-11-21-18(12-14)17-8-5-7-16-15-6-3-4-9-19(15)22-20(16)17;1-16(2,3)13-8-9-14(17-10-13)11-4-6-12(15)7-5-11;/h3-7,9-13H,1-2H3;4,6-10H,1-3H3;/q2*-1;/i13D;;. The van der Waals surface area contributed by atoms with Gasteiger partial charge in [0.25, 0.3) is 0 Å². The van der Waals surface area contributed by atoms with Crippen LogP contribution in [0.4, 0.5) is 4.39 Å². The third-order valence-electron chi connectivity index (χ3n) is 6.61. The maximum atomic E-state index is 12.8. The molecule has 0 spiro atoms. The van der Waals surface area contributed by atoms with E-state index in [1.807, 2.05) is 68.6 Å². The third-order valence-corrected chi connectivity index (χ3v) is 10.9. The van der Waals surface area contributed by atoms with Gasteiger partial charge in [-0.15, -0.1) is 18.2 Å². The molecule has 0 aliphatic rings. The molecule has 1 radical (unpaired) electrons. The number of nitrogens with zero attached hydrogens (tertiary/aromatic N) is 2. The first-order valence-corrected chi connectivity index (χ1v) is 20.3. The molecule has 0 atom stereocenters. The van der Waals surface area contributed by atoms with E-state index in [2.05, 4.69) is 51.5 Å².